The Labute approximate surface area is 55.2 Å². The number of likely N-dealkylation sites (tertiary alicyclic amines) is 1. The molecule has 0 amide bonds. The third-order valence-corrected chi connectivity index (χ3v) is 1.51. The van der Waals surface area contributed by atoms with E-state index in [1.165, 1.54) is 0 Å². The molecule has 1 nitrogen and oxygen atoms in total. The van der Waals surface area contributed by atoms with Crippen LogP contribution in [0.5, 0.6) is 0 Å². The summed E-state index contributed by atoms with van der Waals surface area (Å²) >= 11 is 0. The molecule has 0 radical (unpaired) electrons. The van der Waals surface area contributed by atoms with Crippen molar-refractivity contribution < 1.29 is 4.39 Å². The maximum atomic E-state index is 12.1. The maximum absolute atomic E-state index is 12.1. The molecule has 1 saturated heterocycles. The summed E-state index contributed by atoms with van der Waals surface area (Å²) in [6, 6.07) is 0. The Balaban J connectivity index is 2.04. The molecule has 1 heterocycles. The molecule has 2 heteroatoms. The van der Waals surface area contributed by atoms with E-state index < -0.39 is 6.17 Å². The van der Waals surface area contributed by atoms with Gasteiger partial charge in [-0.05, 0) is 6.92 Å². The van der Waals surface area contributed by atoms with Crippen LogP contribution in [0.3, 0.4) is 0 Å². The van der Waals surface area contributed by atoms with Crippen LogP contribution >= 0.6 is 0 Å². The van der Waals surface area contributed by atoms with Crippen LogP contribution in [0, 0.1) is 0 Å². The number of rotatable bonds is 2. The second-order valence-electron chi connectivity index (χ2n) is 2.38. The van der Waals surface area contributed by atoms with E-state index in [2.05, 4.69) is 4.90 Å². The van der Waals surface area contributed by atoms with Crippen LogP contribution in [0.1, 0.15) is 6.92 Å². The van der Waals surface area contributed by atoms with Gasteiger partial charge < -0.3 is 0 Å². The fraction of sp³-hybridized carbons (Fsp3) is 0.714. The average Bonchev–Trinajstić information content (AvgIpc) is 1.78. The minimum atomic E-state index is -0.560. The van der Waals surface area contributed by atoms with Crippen LogP contribution in [0.25, 0.3) is 0 Å². The van der Waals surface area contributed by atoms with Crippen LogP contribution in [-0.4, -0.2) is 30.7 Å². The van der Waals surface area contributed by atoms with Gasteiger partial charge in [0.05, 0.1) is 0 Å². The summed E-state index contributed by atoms with van der Waals surface area (Å²) in [5, 5.41) is 0. The first-order valence-corrected chi connectivity index (χ1v) is 3.30. The molecule has 0 saturated carbocycles. The van der Waals surface area contributed by atoms with Crippen molar-refractivity contribution >= 4 is 0 Å². The van der Waals surface area contributed by atoms with Crippen LogP contribution in [0.15, 0.2) is 12.2 Å². The van der Waals surface area contributed by atoms with Gasteiger partial charge in [-0.25, -0.2) is 4.39 Å². The van der Waals surface area contributed by atoms with E-state index in [4.69, 9.17) is 0 Å². The van der Waals surface area contributed by atoms with Crippen molar-refractivity contribution in [2.24, 2.45) is 0 Å². The van der Waals surface area contributed by atoms with Gasteiger partial charge in [-0.15, -0.1) is 0 Å². The van der Waals surface area contributed by atoms with E-state index in [0.717, 1.165) is 6.54 Å². The first-order valence-electron chi connectivity index (χ1n) is 3.30. The summed E-state index contributed by atoms with van der Waals surface area (Å²) in [6.07, 6.45) is 3.48. The van der Waals surface area contributed by atoms with E-state index >= 15 is 0 Å². The second-order valence-corrected chi connectivity index (χ2v) is 2.38. The third-order valence-electron chi connectivity index (χ3n) is 1.51. The van der Waals surface area contributed by atoms with Crippen molar-refractivity contribution in [3.63, 3.8) is 0 Å². The summed E-state index contributed by atoms with van der Waals surface area (Å²) in [5.74, 6) is 0. The lowest BCUT2D eigenvalue weighted by molar-refractivity contribution is 0.0771. The molecule has 0 spiro atoms. The van der Waals surface area contributed by atoms with Crippen molar-refractivity contribution in [3.05, 3.63) is 12.2 Å². The molecule has 0 unspecified atom stereocenters. The van der Waals surface area contributed by atoms with Crippen LogP contribution in [-0.2, 0) is 0 Å². The van der Waals surface area contributed by atoms with Gasteiger partial charge >= 0.3 is 0 Å². The highest BCUT2D eigenvalue weighted by atomic mass is 19.1. The van der Waals surface area contributed by atoms with E-state index in [1.807, 2.05) is 19.1 Å². The number of allylic oxidation sites excluding steroid dienone is 1. The molecular formula is C7H12FN. The number of hydrogen-bond acceptors (Lipinski definition) is 1. The number of halogens is 1. The Morgan fingerprint density at radius 1 is 1.67 bits per heavy atom. The molecule has 1 rings (SSSR count). The predicted octanol–water partition coefficient (Wildman–Crippen LogP) is 1.22. The first kappa shape index (κ1) is 6.75. The van der Waals surface area contributed by atoms with Crippen molar-refractivity contribution in [2.75, 3.05) is 19.6 Å². The molecule has 1 aliphatic rings. The van der Waals surface area contributed by atoms with Gasteiger partial charge in [-0.3, -0.25) is 4.90 Å². The molecule has 0 aromatic heterocycles. The predicted molar refractivity (Wildman–Crippen MR) is 36.1 cm³/mol. The number of alkyl halides is 1. The summed E-state index contributed by atoms with van der Waals surface area (Å²) in [6.45, 7) is 4.15. The number of nitrogens with zero attached hydrogens (tertiary/aromatic N) is 1. The molecule has 52 valence electrons. The lowest BCUT2D eigenvalue weighted by atomic mass is 10.2. The summed E-state index contributed by atoms with van der Waals surface area (Å²) in [4.78, 5) is 2.07. The Hall–Kier alpha value is -0.370. The van der Waals surface area contributed by atoms with Gasteiger partial charge in [0.25, 0.3) is 0 Å². The normalized spacial score (nSPS) is 22.9. The SMILES string of the molecule is C/C=C/CN1CC(F)C1. The molecule has 0 aromatic rings. The zero-order valence-corrected chi connectivity index (χ0v) is 5.68. The van der Waals surface area contributed by atoms with E-state index in [0.29, 0.717) is 13.1 Å². The largest absolute Gasteiger partial charge is 0.294 e. The van der Waals surface area contributed by atoms with Gasteiger partial charge in [-0.2, -0.15) is 0 Å². The second kappa shape index (κ2) is 2.97. The summed E-state index contributed by atoms with van der Waals surface area (Å²) < 4.78 is 12.1. The van der Waals surface area contributed by atoms with Gasteiger partial charge in [0.2, 0.25) is 0 Å². The highest BCUT2D eigenvalue weighted by molar-refractivity contribution is 4.87. The minimum Gasteiger partial charge on any atom is -0.294 e. The molecule has 0 aromatic carbocycles. The highest BCUT2D eigenvalue weighted by Crippen LogP contribution is 2.09. The zero-order chi connectivity index (χ0) is 6.69. The van der Waals surface area contributed by atoms with Crippen molar-refractivity contribution in [3.8, 4) is 0 Å². The monoisotopic (exact) mass is 129 g/mol. The smallest absolute Gasteiger partial charge is 0.125 e. The van der Waals surface area contributed by atoms with E-state index in [1.54, 1.807) is 0 Å². The Morgan fingerprint density at radius 2 is 2.33 bits per heavy atom. The van der Waals surface area contributed by atoms with Gasteiger partial charge in [0, 0.05) is 19.6 Å². The average molecular weight is 129 g/mol. The summed E-state index contributed by atoms with van der Waals surface area (Å²) in [5.41, 5.74) is 0. The minimum absolute atomic E-state index is 0.560. The fourth-order valence-corrected chi connectivity index (χ4v) is 0.910. The fourth-order valence-electron chi connectivity index (χ4n) is 0.910. The summed E-state index contributed by atoms with van der Waals surface area (Å²) in [7, 11) is 0. The molecule has 1 aliphatic heterocycles. The van der Waals surface area contributed by atoms with Gasteiger partial charge in [0.1, 0.15) is 6.17 Å². The van der Waals surface area contributed by atoms with Crippen molar-refractivity contribution in [1.29, 1.82) is 0 Å². The lowest BCUT2D eigenvalue weighted by Gasteiger charge is -2.33. The molecule has 9 heavy (non-hydrogen) atoms. The lowest BCUT2D eigenvalue weighted by Crippen LogP contribution is -2.48. The topological polar surface area (TPSA) is 3.24 Å². The van der Waals surface area contributed by atoms with Gasteiger partial charge in [0.15, 0.2) is 0 Å². The Kier molecular flexibility index (Phi) is 2.22. The van der Waals surface area contributed by atoms with E-state index in [-0.39, 0.29) is 0 Å². The quantitative estimate of drug-likeness (QED) is 0.507. The van der Waals surface area contributed by atoms with Crippen LogP contribution in [0.2, 0.25) is 0 Å². The third kappa shape index (κ3) is 1.79. The molecular weight excluding hydrogens is 117 g/mol. The first-order chi connectivity index (χ1) is 4.33. The molecule has 0 bridgehead atoms. The van der Waals surface area contributed by atoms with Crippen molar-refractivity contribution in [2.45, 2.75) is 13.1 Å². The number of hydrogen-bond donors (Lipinski definition) is 0. The maximum Gasteiger partial charge on any atom is 0.125 e. The van der Waals surface area contributed by atoms with Crippen LogP contribution in [0.4, 0.5) is 4.39 Å². The van der Waals surface area contributed by atoms with Crippen LogP contribution < -0.4 is 0 Å². The molecule has 0 N–H and O–H groups in total. The van der Waals surface area contributed by atoms with Crippen molar-refractivity contribution in [1.82, 2.24) is 4.90 Å². The van der Waals surface area contributed by atoms with Gasteiger partial charge in [-0.1, -0.05) is 12.2 Å². The Morgan fingerprint density at radius 3 is 2.78 bits per heavy atom. The molecule has 0 aliphatic carbocycles. The highest BCUT2D eigenvalue weighted by Gasteiger charge is 2.24. The standard InChI is InChI=1S/C7H12FN/c1-2-3-4-9-5-7(8)6-9/h2-3,7H,4-6H2,1H3/b3-2+. The zero-order valence-electron chi connectivity index (χ0n) is 5.68. The molecule has 0 atom stereocenters. The van der Waals surface area contributed by atoms with E-state index in [9.17, 15) is 4.39 Å². The Bertz CT molecular complexity index is 105. The molecule has 1 fully saturated rings.